The molecule has 1 aromatic rings. The van der Waals surface area contributed by atoms with E-state index >= 15 is 0 Å². The first-order valence-electron chi connectivity index (χ1n) is 14.3. The smallest absolute Gasteiger partial charge is 0.339 e. The second-order valence-corrected chi connectivity index (χ2v) is 13.3. The second kappa shape index (κ2) is 11.2. The van der Waals surface area contributed by atoms with E-state index in [1.165, 1.54) is 0 Å². The third kappa shape index (κ3) is 5.47. The number of carbonyl (C=O) groups excluding carboxylic acids is 2. The van der Waals surface area contributed by atoms with Crippen molar-refractivity contribution < 1.29 is 38.7 Å². The topological polar surface area (TPSA) is 115 Å². The first-order chi connectivity index (χ1) is 19.0. The highest BCUT2D eigenvalue weighted by molar-refractivity contribution is 8.13. The quantitative estimate of drug-likeness (QED) is 0.401. The van der Waals surface area contributed by atoms with Gasteiger partial charge < -0.3 is 29.2 Å². The van der Waals surface area contributed by atoms with Crippen LogP contribution in [0.25, 0.3) is 0 Å². The lowest BCUT2D eigenvalue weighted by atomic mass is 9.77. The zero-order chi connectivity index (χ0) is 28.7. The molecule has 0 amide bonds. The van der Waals surface area contributed by atoms with Gasteiger partial charge in [0.05, 0.1) is 30.6 Å². The number of fused-ring (bicyclic) bond motifs is 3. The molecule has 10 heteroatoms. The standard InChI is InChI=1S/C30H41NO8S/c1-5-40-24(32)17-30(35,11-6-9-28(2,3)34)27(33)39-26-23(36-4)16-29-10-7-12-31(29)13-8-19-14-21-22(38-18-37-21)15-20(19)25(26)29/h14-16,25-26,34-35H,5-13,17-18H2,1-4H3/t25-,26?,29+,30-/m1/s1. The molecule has 9 nitrogen and oxygen atoms in total. The molecule has 2 N–H and O–H groups in total. The average molecular weight is 576 g/mol. The van der Waals surface area contributed by atoms with Crippen molar-refractivity contribution in [2.45, 2.75) is 94.5 Å². The van der Waals surface area contributed by atoms with Gasteiger partial charge in [0.25, 0.3) is 0 Å². The minimum Gasteiger partial charge on any atom is -0.497 e. The van der Waals surface area contributed by atoms with Crippen LogP contribution in [0.1, 0.15) is 76.3 Å². The molecule has 4 atom stereocenters. The summed E-state index contributed by atoms with van der Waals surface area (Å²) < 4.78 is 23.5. The van der Waals surface area contributed by atoms with Gasteiger partial charge in [-0.1, -0.05) is 18.7 Å². The van der Waals surface area contributed by atoms with Crippen molar-refractivity contribution in [2.24, 2.45) is 0 Å². The highest BCUT2D eigenvalue weighted by Gasteiger charge is 2.59. The highest BCUT2D eigenvalue weighted by atomic mass is 32.2. The van der Waals surface area contributed by atoms with Gasteiger partial charge in [0.2, 0.25) is 6.79 Å². The van der Waals surface area contributed by atoms with Crippen LogP contribution in [0.15, 0.2) is 24.0 Å². The Bertz CT molecular complexity index is 1180. The largest absolute Gasteiger partial charge is 0.497 e. The summed E-state index contributed by atoms with van der Waals surface area (Å²) in [7, 11) is 1.57. The summed E-state index contributed by atoms with van der Waals surface area (Å²) in [5.41, 5.74) is -1.24. The molecule has 3 aliphatic heterocycles. The van der Waals surface area contributed by atoms with Gasteiger partial charge in [0, 0.05) is 6.54 Å². The van der Waals surface area contributed by atoms with E-state index < -0.39 is 28.8 Å². The van der Waals surface area contributed by atoms with E-state index in [2.05, 4.69) is 11.0 Å². The molecule has 1 saturated heterocycles. The molecule has 4 aliphatic rings. The lowest BCUT2D eigenvalue weighted by Crippen LogP contribution is -2.49. The van der Waals surface area contributed by atoms with Crippen LogP contribution in [0.2, 0.25) is 0 Å². The Labute approximate surface area is 240 Å². The first kappa shape index (κ1) is 29.2. The minimum absolute atomic E-state index is 0.00178. The normalized spacial score (nSPS) is 26.7. The number of esters is 1. The van der Waals surface area contributed by atoms with Gasteiger partial charge in [-0.05, 0) is 94.0 Å². The molecule has 0 bridgehead atoms. The predicted octanol–water partition coefficient (Wildman–Crippen LogP) is 3.69. The number of ether oxygens (including phenoxy) is 4. The number of nitrogens with zero attached hydrogens (tertiary/aromatic N) is 1. The Morgan fingerprint density at radius 1 is 1.18 bits per heavy atom. The van der Waals surface area contributed by atoms with Crippen molar-refractivity contribution in [3.63, 3.8) is 0 Å². The Hall–Kier alpha value is -2.27. The number of benzene rings is 1. The zero-order valence-corrected chi connectivity index (χ0v) is 24.7. The summed E-state index contributed by atoms with van der Waals surface area (Å²) in [6, 6.07) is 4.04. The van der Waals surface area contributed by atoms with E-state index in [0.717, 1.165) is 61.0 Å². The third-order valence-corrected chi connectivity index (χ3v) is 9.45. The van der Waals surface area contributed by atoms with Crippen molar-refractivity contribution in [1.82, 2.24) is 4.90 Å². The van der Waals surface area contributed by atoms with E-state index in [-0.39, 0.29) is 30.7 Å². The second-order valence-electron chi connectivity index (χ2n) is 12.0. The zero-order valence-electron chi connectivity index (χ0n) is 23.9. The molecular formula is C30H41NO8S. The maximum absolute atomic E-state index is 13.9. The van der Waals surface area contributed by atoms with Gasteiger partial charge in [-0.2, -0.15) is 0 Å². The number of hydrogen-bond donors (Lipinski definition) is 2. The van der Waals surface area contributed by atoms with Crippen molar-refractivity contribution in [3.8, 4) is 11.5 Å². The molecule has 220 valence electrons. The molecule has 1 unspecified atom stereocenters. The van der Waals surface area contributed by atoms with Crippen LogP contribution in [0.3, 0.4) is 0 Å². The molecule has 3 heterocycles. The number of aliphatic hydroxyl groups is 2. The fraction of sp³-hybridized carbons (Fsp3) is 0.667. The molecule has 0 aromatic heterocycles. The van der Waals surface area contributed by atoms with Crippen molar-refractivity contribution in [3.05, 3.63) is 35.1 Å². The number of carbonyl (C=O) groups is 2. The fourth-order valence-electron chi connectivity index (χ4n) is 6.85. The molecule has 1 spiro atoms. The minimum atomic E-state index is -2.02. The summed E-state index contributed by atoms with van der Waals surface area (Å²) >= 11 is 1.07. The molecule has 1 aliphatic carbocycles. The Balaban J connectivity index is 1.49. The van der Waals surface area contributed by atoms with Gasteiger partial charge in [-0.15, -0.1) is 0 Å². The number of thioether (sulfide) groups is 1. The van der Waals surface area contributed by atoms with Crippen LogP contribution >= 0.6 is 11.8 Å². The van der Waals surface area contributed by atoms with E-state index in [1.54, 1.807) is 21.0 Å². The fourth-order valence-corrected chi connectivity index (χ4v) is 7.51. The van der Waals surface area contributed by atoms with Gasteiger partial charge in [-0.3, -0.25) is 9.69 Å². The first-order valence-corrected chi connectivity index (χ1v) is 15.2. The molecule has 1 fully saturated rings. The average Bonchev–Trinajstić information content (AvgIpc) is 3.57. The van der Waals surface area contributed by atoms with Gasteiger partial charge >= 0.3 is 5.97 Å². The molecule has 5 rings (SSSR count). The summed E-state index contributed by atoms with van der Waals surface area (Å²) in [6.45, 7) is 7.15. The van der Waals surface area contributed by atoms with Gasteiger partial charge in [0.1, 0.15) is 5.76 Å². The van der Waals surface area contributed by atoms with Crippen LogP contribution in [-0.2, 0) is 25.5 Å². The van der Waals surface area contributed by atoms with Crippen molar-refractivity contribution in [1.29, 1.82) is 0 Å². The van der Waals surface area contributed by atoms with Gasteiger partial charge in [0.15, 0.2) is 28.3 Å². The monoisotopic (exact) mass is 575 g/mol. The molecule has 40 heavy (non-hydrogen) atoms. The molecular weight excluding hydrogens is 534 g/mol. The van der Waals surface area contributed by atoms with Crippen LogP contribution in [0.5, 0.6) is 11.5 Å². The Morgan fingerprint density at radius 3 is 2.62 bits per heavy atom. The molecule has 0 radical (unpaired) electrons. The number of methoxy groups -OCH3 is 1. The molecule has 1 aromatic carbocycles. The Kier molecular flexibility index (Phi) is 8.18. The SMILES string of the molecule is CCSC(=O)C[C@](O)(CCCC(C)(C)O)C(=O)OC1C(OC)=C[C@]23CCCN2CCc2cc4c(cc2[C@H]13)OCO4. The number of rotatable bonds is 10. The van der Waals surface area contributed by atoms with Crippen LogP contribution < -0.4 is 9.47 Å². The third-order valence-electron chi connectivity index (χ3n) is 8.70. The van der Waals surface area contributed by atoms with E-state index in [0.29, 0.717) is 30.1 Å². The maximum Gasteiger partial charge on any atom is 0.339 e. The lowest BCUT2D eigenvalue weighted by molar-refractivity contribution is -0.175. The lowest BCUT2D eigenvalue weighted by Gasteiger charge is -2.39. The van der Waals surface area contributed by atoms with Crippen molar-refractivity contribution in [2.75, 3.05) is 32.7 Å². The Morgan fingerprint density at radius 2 is 1.93 bits per heavy atom. The summed E-state index contributed by atoms with van der Waals surface area (Å²) in [5.74, 6) is 1.36. The molecule has 0 saturated carbocycles. The summed E-state index contributed by atoms with van der Waals surface area (Å²) in [4.78, 5) is 29.0. The van der Waals surface area contributed by atoms with Crippen molar-refractivity contribution >= 4 is 22.8 Å². The van der Waals surface area contributed by atoms with Crippen LogP contribution in [0.4, 0.5) is 0 Å². The van der Waals surface area contributed by atoms with E-state index in [4.69, 9.17) is 18.9 Å². The van der Waals surface area contributed by atoms with E-state index in [9.17, 15) is 19.8 Å². The predicted molar refractivity (Wildman–Crippen MR) is 150 cm³/mol. The van der Waals surface area contributed by atoms with Crippen LogP contribution in [0, 0.1) is 0 Å². The highest BCUT2D eigenvalue weighted by Crippen LogP contribution is 2.55. The van der Waals surface area contributed by atoms with Crippen LogP contribution in [-0.4, -0.2) is 81.8 Å². The van der Waals surface area contributed by atoms with E-state index in [1.807, 2.05) is 19.1 Å². The number of hydrogen-bond acceptors (Lipinski definition) is 10. The van der Waals surface area contributed by atoms with Gasteiger partial charge in [-0.25, -0.2) is 4.79 Å². The maximum atomic E-state index is 13.9. The summed E-state index contributed by atoms with van der Waals surface area (Å²) in [5, 5.41) is 21.6. The summed E-state index contributed by atoms with van der Waals surface area (Å²) in [6.07, 6.45) is 4.40.